The average Bonchev–Trinajstić information content (AvgIpc) is 3.20. The fraction of sp³-hybridized carbons (Fsp3) is 0.250. The first-order valence-electron chi connectivity index (χ1n) is 8.53. The molecule has 4 nitrogen and oxygen atoms in total. The molecule has 0 bridgehead atoms. The van der Waals surface area contributed by atoms with Crippen LogP contribution >= 0.6 is 24.0 Å². The minimum absolute atomic E-state index is 0. The highest BCUT2D eigenvalue weighted by atomic mass is 127. The van der Waals surface area contributed by atoms with Crippen LogP contribution in [0, 0.1) is 0 Å². The Balaban J connectivity index is 0.00000182. The molecule has 0 unspecified atom stereocenters. The number of aryl methyl sites for hydroxylation is 2. The summed E-state index contributed by atoms with van der Waals surface area (Å²) >= 11 is 0. The number of nitrogens with two attached hydrogens (primary N) is 1. The van der Waals surface area contributed by atoms with Crippen LogP contribution in [0.25, 0.3) is 10.9 Å². The number of guanidine groups is 1. The van der Waals surface area contributed by atoms with Gasteiger partial charge in [-0.25, -0.2) is 0 Å². The zero-order valence-corrected chi connectivity index (χ0v) is 16.4. The SMILES string of the molecule is I.NC(=NCCc1cc2ccccc2[nH]1)Nc1ccc2c(c1)CCC2. The van der Waals surface area contributed by atoms with Crippen LogP contribution in [-0.2, 0) is 19.3 Å². The van der Waals surface area contributed by atoms with Crippen LogP contribution in [-0.4, -0.2) is 17.5 Å². The molecule has 0 aliphatic heterocycles. The maximum absolute atomic E-state index is 6.02. The van der Waals surface area contributed by atoms with E-state index >= 15 is 0 Å². The highest BCUT2D eigenvalue weighted by molar-refractivity contribution is 14.0. The summed E-state index contributed by atoms with van der Waals surface area (Å²) in [6.45, 7) is 0.663. The smallest absolute Gasteiger partial charge is 0.193 e. The van der Waals surface area contributed by atoms with E-state index < -0.39 is 0 Å². The number of fused-ring (bicyclic) bond motifs is 2. The highest BCUT2D eigenvalue weighted by Gasteiger charge is 2.10. The number of benzene rings is 2. The zero-order chi connectivity index (χ0) is 16.4. The van der Waals surface area contributed by atoms with Gasteiger partial charge in [0.15, 0.2) is 5.96 Å². The molecule has 0 fully saturated rings. The summed E-state index contributed by atoms with van der Waals surface area (Å²) in [5.41, 5.74) is 12.3. The van der Waals surface area contributed by atoms with E-state index in [9.17, 15) is 0 Å². The lowest BCUT2D eigenvalue weighted by Gasteiger charge is -2.07. The van der Waals surface area contributed by atoms with E-state index in [0.717, 1.165) is 12.1 Å². The number of aromatic nitrogens is 1. The topological polar surface area (TPSA) is 66.2 Å². The third kappa shape index (κ3) is 4.15. The standard InChI is InChI=1S/C20H22N4.HI/c21-20(24-17-9-8-14-5-3-6-15(14)12-17)22-11-10-18-13-16-4-1-2-7-19(16)23-18;/h1-2,4,7-9,12-13,23H,3,5-6,10-11H2,(H3,21,22,24);1H. The molecule has 1 aromatic heterocycles. The molecule has 0 saturated heterocycles. The van der Waals surface area contributed by atoms with Gasteiger partial charge < -0.3 is 16.0 Å². The molecule has 25 heavy (non-hydrogen) atoms. The predicted molar refractivity (Wildman–Crippen MR) is 116 cm³/mol. The van der Waals surface area contributed by atoms with Gasteiger partial charge in [-0.15, -0.1) is 24.0 Å². The third-order valence-corrected chi connectivity index (χ3v) is 4.62. The number of aliphatic imine (C=N–C) groups is 1. The number of para-hydroxylation sites is 1. The molecule has 1 aliphatic carbocycles. The van der Waals surface area contributed by atoms with Gasteiger partial charge >= 0.3 is 0 Å². The largest absolute Gasteiger partial charge is 0.370 e. The Morgan fingerprint density at radius 3 is 2.80 bits per heavy atom. The summed E-state index contributed by atoms with van der Waals surface area (Å²) in [5.74, 6) is 0.476. The van der Waals surface area contributed by atoms with Crippen LogP contribution in [0.4, 0.5) is 5.69 Å². The fourth-order valence-corrected chi connectivity index (χ4v) is 3.40. The van der Waals surface area contributed by atoms with Gasteiger partial charge in [-0.1, -0.05) is 24.3 Å². The molecule has 3 aromatic rings. The van der Waals surface area contributed by atoms with Gasteiger partial charge in [0, 0.05) is 29.9 Å². The van der Waals surface area contributed by atoms with E-state index in [1.165, 1.54) is 47.0 Å². The van der Waals surface area contributed by atoms with Crippen molar-refractivity contribution >= 4 is 46.5 Å². The Bertz CT molecular complexity index is 865. The minimum atomic E-state index is 0. The lowest BCUT2D eigenvalue weighted by molar-refractivity contribution is 0.912. The number of halogens is 1. The number of nitrogens with one attached hydrogen (secondary N) is 2. The third-order valence-electron chi connectivity index (χ3n) is 4.62. The van der Waals surface area contributed by atoms with Gasteiger partial charge in [0.05, 0.1) is 0 Å². The second kappa shape index (κ2) is 7.91. The Morgan fingerprint density at radius 2 is 1.92 bits per heavy atom. The number of rotatable bonds is 4. The monoisotopic (exact) mass is 446 g/mol. The molecular weight excluding hydrogens is 423 g/mol. The van der Waals surface area contributed by atoms with Crippen LogP contribution in [0.1, 0.15) is 23.2 Å². The van der Waals surface area contributed by atoms with Crippen molar-refractivity contribution in [2.24, 2.45) is 10.7 Å². The van der Waals surface area contributed by atoms with Crippen LogP contribution in [0.5, 0.6) is 0 Å². The van der Waals surface area contributed by atoms with Gasteiger partial charge in [0.25, 0.3) is 0 Å². The summed E-state index contributed by atoms with van der Waals surface area (Å²) in [6.07, 6.45) is 4.47. The normalized spacial score (nSPS) is 13.5. The van der Waals surface area contributed by atoms with E-state index in [1.807, 2.05) is 6.07 Å². The van der Waals surface area contributed by atoms with Crippen LogP contribution in [0.15, 0.2) is 53.5 Å². The summed E-state index contributed by atoms with van der Waals surface area (Å²) < 4.78 is 0. The molecule has 0 spiro atoms. The van der Waals surface area contributed by atoms with E-state index in [0.29, 0.717) is 12.5 Å². The van der Waals surface area contributed by atoms with Gasteiger partial charge in [-0.2, -0.15) is 0 Å². The molecule has 0 saturated carbocycles. The van der Waals surface area contributed by atoms with Crippen molar-refractivity contribution in [1.29, 1.82) is 0 Å². The maximum Gasteiger partial charge on any atom is 0.193 e. The molecule has 0 radical (unpaired) electrons. The number of nitrogens with zero attached hydrogens (tertiary/aromatic N) is 1. The maximum atomic E-state index is 6.02. The lowest BCUT2D eigenvalue weighted by atomic mass is 10.1. The summed E-state index contributed by atoms with van der Waals surface area (Å²) in [5, 5.41) is 4.44. The van der Waals surface area contributed by atoms with Crippen molar-refractivity contribution in [1.82, 2.24) is 4.98 Å². The molecule has 5 heteroatoms. The van der Waals surface area contributed by atoms with E-state index in [2.05, 4.69) is 57.8 Å². The van der Waals surface area contributed by atoms with Gasteiger partial charge in [-0.05, 0) is 60.0 Å². The lowest BCUT2D eigenvalue weighted by Crippen LogP contribution is -2.23. The van der Waals surface area contributed by atoms with E-state index in [-0.39, 0.29) is 24.0 Å². The van der Waals surface area contributed by atoms with Crippen molar-refractivity contribution in [3.8, 4) is 0 Å². The van der Waals surface area contributed by atoms with E-state index in [4.69, 9.17) is 5.73 Å². The molecule has 0 amide bonds. The quantitative estimate of drug-likeness (QED) is 0.319. The van der Waals surface area contributed by atoms with Crippen molar-refractivity contribution in [3.63, 3.8) is 0 Å². The van der Waals surface area contributed by atoms with Crippen molar-refractivity contribution in [3.05, 3.63) is 65.4 Å². The Kier molecular flexibility index (Phi) is 5.63. The molecule has 130 valence electrons. The highest BCUT2D eigenvalue weighted by Crippen LogP contribution is 2.24. The first kappa shape index (κ1) is 17.8. The predicted octanol–water partition coefficient (Wildman–Crippen LogP) is 4.24. The zero-order valence-electron chi connectivity index (χ0n) is 14.1. The van der Waals surface area contributed by atoms with Gasteiger partial charge in [0.2, 0.25) is 0 Å². The number of hydrogen-bond acceptors (Lipinski definition) is 1. The first-order chi connectivity index (χ1) is 11.8. The second-order valence-electron chi connectivity index (χ2n) is 6.36. The van der Waals surface area contributed by atoms with Crippen LogP contribution < -0.4 is 11.1 Å². The van der Waals surface area contributed by atoms with Crippen molar-refractivity contribution < 1.29 is 0 Å². The van der Waals surface area contributed by atoms with Crippen LogP contribution in [0.3, 0.4) is 0 Å². The molecule has 1 aliphatic rings. The van der Waals surface area contributed by atoms with Gasteiger partial charge in [0.1, 0.15) is 0 Å². The van der Waals surface area contributed by atoms with Crippen molar-refractivity contribution in [2.75, 3.05) is 11.9 Å². The van der Waals surface area contributed by atoms with Crippen molar-refractivity contribution in [2.45, 2.75) is 25.7 Å². The number of anilines is 1. The van der Waals surface area contributed by atoms with E-state index in [1.54, 1.807) is 0 Å². The Labute approximate surface area is 164 Å². The Hall–Kier alpha value is -2.02. The molecule has 4 N–H and O–H groups in total. The van der Waals surface area contributed by atoms with Crippen LogP contribution in [0.2, 0.25) is 0 Å². The summed E-state index contributed by atoms with van der Waals surface area (Å²) in [7, 11) is 0. The number of aromatic amines is 1. The number of H-pyrrole nitrogens is 1. The molecule has 2 aromatic carbocycles. The fourth-order valence-electron chi connectivity index (χ4n) is 3.40. The second-order valence-corrected chi connectivity index (χ2v) is 6.36. The average molecular weight is 446 g/mol. The minimum Gasteiger partial charge on any atom is -0.370 e. The summed E-state index contributed by atoms with van der Waals surface area (Å²) in [4.78, 5) is 7.86. The van der Waals surface area contributed by atoms with Gasteiger partial charge in [-0.3, -0.25) is 4.99 Å². The summed E-state index contributed by atoms with van der Waals surface area (Å²) in [6, 6.07) is 17.0. The Morgan fingerprint density at radius 1 is 1.08 bits per heavy atom. The molecule has 1 heterocycles. The number of hydrogen-bond donors (Lipinski definition) is 3. The molecule has 0 atom stereocenters. The molecule has 4 rings (SSSR count). The first-order valence-corrected chi connectivity index (χ1v) is 8.53. The molecular formula is C20H23IN4.